The first-order chi connectivity index (χ1) is 12.8. The maximum Gasteiger partial charge on any atom is 0.256 e. The van der Waals surface area contributed by atoms with Gasteiger partial charge in [0.05, 0.1) is 30.4 Å². The first kappa shape index (κ1) is 16.6. The number of hydrogen-bond acceptors (Lipinski definition) is 3. The number of ether oxygens (including phenoxy) is 1. The zero-order chi connectivity index (χ0) is 17.9. The quantitative estimate of drug-likeness (QED) is 0.766. The van der Waals surface area contributed by atoms with Crippen molar-refractivity contribution in [3.63, 3.8) is 0 Å². The number of aromatic nitrogens is 2. The Morgan fingerprint density at radius 3 is 2.81 bits per heavy atom. The highest BCUT2D eigenvalue weighted by molar-refractivity contribution is 6.05. The topological polar surface area (TPSA) is 58.2 Å². The van der Waals surface area contributed by atoms with Gasteiger partial charge in [0.1, 0.15) is 5.75 Å². The number of rotatable bonds is 3. The van der Waals surface area contributed by atoms with Crippen molar-refractivity contribution in [2.45, 2.75) is 31.7 Å². The molecule has 4 rings (SSSR count). The van der Waals surface area contributed by atoms with Crippen LogP contribution in [0.4, 0.5) is 0 Å². The number of carbonyl (C=O) groups is 1. The fraction of sp³-hybridized carbons (Fsp3) is 0.333. The molecule has 0 radical (unpaired) electrons. The van der Waals surface area contributed by atoms with Gasteiger partial charge in [-0.2, -0.15) is 5.10 Å². The number of fused-ring (bicyclic) bond motifs is 1. The Morgan fingerprint density at radius 2 is 2.00 bits per heavy atom. The Bertz CT molecular complexity index is 901. The molecule has 1 atom stereocenters. The van der Waals surface area contributed by atoms with E-state index in [2.05, 4.69) is 22.3 Å². The molecular weight excluding hydrogens is 326 g/mol. The van der Waals surface area contributed by atoms with E-state index in [9.17, 15) is 4.79 Å². The van der Waals surface area contributed by atoms with Crippen LogP contribution in [0.2, 0.25) is 0 Å². The summed E-state index contributed by atoms with van der Waals surface area (Å²) < 4.78 is 5.27. The van der Waals surface area contributed by atoms with E-state index in [1.807, 2.05) is 35.2 Å². The lowest BCUT2D eigenvalue weighted by Gasteiger charge is -2.31. The maximum absolute atomic E-state index is 13.4. The number of nitrogens with zero attached hydrogens (tertiary/aromatic N) is 2. The van der Waals surface area contributed by atoms with Crippen molar-refractivity contribution in [1.82, 2.24) is 15.1 Å². The van der Waals surface area contributed by atoms with Gasteiger partial charge in [-0.25, -0.2) is 0 Å². The van der Waals surface area contributed by atoms with Crippen molar-refractivity contribution in [2.24, 2.45) is 0 Å². The largest absolute Gasteiger partial charge is 0.497 e. The molecule has 1 aliphatic rings. The monoisotopic (exact) mass is 349 g/mol. The Hall–Kier alpha value is -2.82. The van der Waals surface area contributed by atoms with Crippen molar-refractivity contribution < 1.29 is 9.53 Å². The molecule has 1 saturated heterocycles. The average molecular weight is 349 g/mol. The van der Waals surface area contributed by atoms with E-state index < -0.39 is 0 Å². The summed E-state index contributed by atoms with van der Waals surface area (Å²) in [5.41, 5.74) is 2.67. The number of amides is 1. The van der Waals surface area contributed by atoms with Crippen LogP contribution >= 0.6 is 0 Å². The van der Waals surface area contributed by atoms with Gasteiger partial charge in [-0.3, -0.25) is 9.89 Å². The van der Waals surface area contributed by atoms with Crippen LogP contribution in [0.25, 0.3) is 10.9 Å². The van der Waals surface area contributed by atoms with Crippen molar-refractivity contribution in [2.75, 3.05) is 13.7 Å². The molecule has 5 nitrogen and oxygen atoms in total. The van der Waals surface area contributed by atoms with Gasteiger partial charge in [-0.15, -0.1) is 0 Å². The predicted molar refractivity (Wildman–Crippen MR) is 101 cm³/mol. The number of aromatic amines is 1. The Kier molecular flexibility index (Phi) is 4.61. The van der Waals surface area contributed by atoms with Crippen LogP contribution in [-0.4, -0.2) is 34.7 Å². The highest BCUT2D eigenvalue weighted by atomic mass is 16.5. The van der Waals surface area contributed by atoms with Crippen molar-refractivity contribution in [3.05, 3.63) is 59.8 Å². The van der Waals surface area contributed by atoms with Gasteiger partial charge >= 0.3 is 0 Å². The van der Waals surface area contributed by atoms with Gasteiger partial charge in [0.2, 0.25) is 0 Å². The van der Waals surface area contributed by atoms with Gasteiger partial charge in [0, 0.05) is 11.9 Å². The summed E-state index contributed by atoms with van der Waals surface area (Å²) in [5.74, 6) is 0.907. The normalized spacial score (nSPS) is 17.9. The number of methoxy groups -OCH3 is 1. The summed E-state index contributed by atoms with van der Waals surface area (Å²) in [4.78, 5) is 15.5. The number of H-pyrrole nitrogens is 1. The average Bonchev–Trinajstić information content (AvgIpc) is 3.04. The molecular formula is C21H23N3O2. The third-order valence-corrected chi connectivity index (χ3v) is 5.22. The van der Waals surface area contributed by atoms with Crippen LogP contribution in [0.1, 0.15) is 47.6 Å². The molecule has 134 valence electrons. The van der Waals surface area contributed by atoms with E-state index in [0.717, 1.165) is 54.4 Å². The highest BCUT2D eigenvalue weighted by Crippen LogP contribution is 2.33. The van der Waals surface area contributed by atoms with E-state index >= 15 is 0 Å². The van der Waals surface area contributed by atoms with E-state index in [1.165, 1.54) is 0 Å². The Morgan fingerprint density at radius 1 is 1.15 bits per heavy atom. The molecule has 0 bridgehead atoms. The van der Waals surface area contributed by atoms with Gasteiger partial charge in [-0.1, -0.05) is 37.1 Å². The molecule has 0 unspecified atom stereocenters. The van der Waals surface area contributed by atoms with Crippen LogP contribution in [-0.2, 0) is 0 Å². The first-order valence-corrected chi connectivity index (χ1v) is 9.15. The van der Waals surface area contributed by atoms with Crippen LogP contribution in [0.5, 0.6) is 5.75 Å². The smallest absolute Gasteiger partial charge is 0.256 e. The van der Waals surface area contributed by atoms with Gasteiger partial charge < -0.3 is 9.64 Å². The number of likely N-dealkylation sites (tertiary alicyclic amines) is 1. The summed E-state index contributed by atoms with van der Waals surface area (Å²) >= 11 is 0. The minimum absolute atomic E-state index is 0.0718. The van der Waals surface area contributed by atoms with Crippen LogP contribution in [0.15, 0.2) is 48.7 Å². The summed E-state index contributed by atoms with van der Waals surface area (Å²) in [6, 6.07) is 14.0. The summed E-state index contributed by atoms with van der Waals surface area (Å²) in [5, 5.41) is 8.04. The lowest BCUT2D eigenvalue weighted by molar-refractivity contribution is 0.0682. The summed E-state index contributed by atoms with van der Waals surface area (Å²) in [6.45, 7) is 0.778. The molecule has 3 aromatic rings. The lowest BCUT2D eigenvalue weighted by atomic mass is 9.99. The zero-order valence-corrected chi connectivity index (χ0v) is 14.9. The van der Waals surface area contributed by atoms with Gasteiger partial charge in [0.15, 0.2) is 0 Å². The number of hydrogen-bond donors (Lipinski definition) is 1. The molecule has 5 heteroatoms. The van der Waals surface area contributed by atoms with Crippen LogP contribution in [0.3, 0.4) is 0 Å². The molecule has 1 aliphatic heterocycles. The molecule has 0 aliphatic carbocycles. The number of para-hydroxylation sites is 1. The third kappa shape index (κ3) is 3.05. The predicted octanol–water partition coefficient (Wildman–Crippen LogP) is 4.33. The SMILES string of the molecule is COc1ccc([C@H]2CCCCCN2C(=O)c2cccc3cn[nH]c23)cc1. The molecule has 2 aromatic carbocycles. The van der Waals surface area contributed by atoms with Gasteiger partial charge in [-0.05, 0) is 36.6 Å². The van der Waals surface area contributed by atoms with E-state index in [-0.39, 0.29) is 11.9 Å². The number of benzene rings is 2. The van der Waals surface area contributed by atoms with Gasteiger partial charge in [0.25, 0.3) is 5.91 Å². The highest BCUT2D eigenvalue weighted by Gasteiger charge is 2.28. The molecule has 1 aromatic heterocycles. The second-order valence-corrected chi connectivity index (χ2v) is 6.78. The second kappa shape index (κ2) is 7.20. The molecule has 0 spiro atoms. The molecule has 26 heavy (non-hydrogen) atoms. The fourth-order valence-corrected chi connectivity index (χ4v) is 3.83. The number of nitrogens with one attached hydrogen (secondary N) is 1. The Balaban J connectivity index is 1.70. The van der Waals surface area contributed by atoms with E-state index in [1.54, 1.807) is 13.3 Å². The molecule has 2 heterocycles. The second-order valence-electron chi connectivity index (χ2n) is 6.78. The lowest BCUT2D eigenvalue weighted by Crippen LogP contribution is -2.35. The molecule has 1 N–H and O–H groups in total. The number of carbonyl (C=O) groups excluding carboxylic acids is 1. The van der Waals surface area contributed by atoms with Crippen LogP contribution in [0, 0.1) is 0 Å². The fourth-order valence-electron chi connectivity index (χ4n) is 3.83. The van der Waals surface area contributed by atoms with E-state index in [4.69, 9.17) is 4.74 Å². The zero-order valence-electron chi connectivity index (χ0n) is 14.9. The Labute approximate surface area is 153 Å². The molecule has 1 amide bonds. The summed E-state index contributed by atoms with van der Waals surface area (Å²) in [7, 11) is 1.67. The van der Waals surface area contributed by atoms with Crippen molar-refractivity contribution in [1.29, 1.82) is 0 Å². The molecule has 0 saturated carbocycles. The van der Waals surface area contributed by atoms with E-state index in [0.29, 0.717) is 5.56 Å². The van der Waals surface area contributed by atoms with Crippen molar-refractivity contribution in [3.8, 4) is 5.75 Å². The minimum atomic E-state index is 0.0718. The molecule has 1 fully saturated rings. The summed E-state index contributed by atoms with van der Waals surface area (Å²) in [6.07, 6.45) is 6.07. The third-order valence-electron chi connectivity index (χ3n) is 5.22. The standard InChI is InChI=1S/C21H23N3O2/c1-26-17-11-9-15(10-12-17)19-8-3-2-4-13-24(19)21(25)18-7-5-6-16-14-22-23-20(16)18/h5-7,9-12,14,19H,2-4,8,13H2,1H3,(H,22,23)/t19-/m1/s1. The minimum Gasteiger partial charge on any atom is -0.497 e. The van der Waals surface area contributed by atoms with Crippen LogP contribution < -0.4 is 4.74 Å². The van der Waals surface area contributed by atoms with Crippen molar-refractivity contribution >= 4 is 16.8 Å². The maximum atomic E-state index is 13.4. The first-order valence-electron chi connectivity index (χ1n) is 9.15.